The van der Waals surface area contributed by atoms with Crippen LogP contribution < -0.4 is 5.43 Å². The highest BCUT2D eigenvalue weighted by atomic mass is 35.5. The molecule has 0 aliphatic heterocycles. The van der Waals surface area contributed by atoms with Crippen molar-refractivity contribution < 1.29 is 13.2 Å². The molecular weight excluding hydrogens is 350 g/mol. The summed E-state index contributed by atoms with van der Waals surface area (Å²) in [6.45, 7) is 0. The molecule has 0 saturated carbocycles. The average Bonchev–Trinajstić information content (AvgIpc) is 2.49. The molecule has 0 atom stereocenters. The number of halogens is 5. The van der Waals surface area contributed by atoms with Crippen molar-refractivity contribution in [2.45, 2.75) is 6.18 Å². The molecule has 0 amide bonds. The summed E-state index contributed by atoms with van der Waals surface area (Å²) in [4.78, 5) is 3.59. The van der Waals surface area contributed by atoms with Gasteiger partial charge in [0.15, 0.2) is 5.82 Å². The van der Waals surface area contributed by atoms with Gasteiger partial charge in [-0.2, -0.15) is 18.3 Å². The van der Waals surface area contributed by atoms with Gasteiger partial charge in [-0.15, -0.1) is 0 Å². The predicted octanol–water partition coefficient (Wildman–Crippen LogP) is 5.43. The second-order valence-electron chi connectivity index (χ2n) is 4.36. The molecule has 1 N–H and O–H groups in total. The number of anilines is 1. The highest BCUT2D eigenvalue weighted by Gasteiger charge is 2.31. The van der Waals surface area contributed by atoms with Gasteiger partial charge >= 0.3 is 6.18 Å². The van der Waals surface area contributed by atoms with Gasteiger partial charge in [0, 0.05) is 6.20 Å². The first kappa shape index (κ1) is 17.3. The van der Waals surface area contributed by atoms with E-state index in [-0.39, 0.29) is 10.8 Å². The van der Waals surface area contributed by atoms with Crippen LogP contribution in [0.25, 0.3) is 6.08 Å². The van der Waals surface area contributed by atoms with Crippen LogP contribution in [0.2, 0.25) is 5.02 Å². The van der Waals surface area contributed by atoms with Crippen molar-refractivity contribution in [3.05, 3.63) is 63.8 Å². The number of hydrazone groups is 1. The Morgan fingerprint density at radius 1 is 1.22 bits per heavy atom. The topological polar surface area (TPSA) is 37.3 Å². The zero-order chi connectivity index (χ0) is 16.9. The van der Waals surface area contributed by atoms with Crippen LogP contribution in [0.1, 0.15) is 11.1 Å². The fourth-order valence-electron chi connectivity index (χ4n) is 1.58. The number of benzene rings is 1. The third-order valence-corrected chi connectivity index (χ3v) is 3.13. The van der Waals surface area contributed by atoms with Crippen LogP contribution >= 0.6 is 23.2 Å². The van der Waals surface area contributed by atoms with Gasteiger partial charge in [-0.05, 0) is 17.7 Å². The minimum absolute atomic E-state index is 0.0000874. The summed E-state index contributed by atoms with van der Waals surface area (Å²) < 4.78 is 37.5. The summed E-state index contributed by atoms with van der Waals surface area (Å²) in [5, 5.41) is 3.92. The quantitative estimate of drug-likeness (QED) is 0.583. The normalized spacial score (nSPS) is 12.7. The molecule has 8 heteroatoms. The molecule has 0 aliphatic rings. The lowest BCUT2D eigenvalue weighted by molar-refractivity contribution is -0.137. The lowest BCUT2D eigenvalue weighted by Gasteiger charge is -2.08. The van der Waals surface area contributed by atoms with E-state index in [1.54, 1.807) is 6.08 Å². The molecule has 1 aromatic heterocycles. The van der Waals surface area contributed by atoms with Crippen molar-refractivity contribution in [3.8, 4) is 0 Å². The Balaban J connectivity index is 2.04. The maximum atomic E-state index is 12.5. The largest absolute Gasteiger partial charge is 0.417 e. The van der Waals surface area contributed by atoms with Crippen LogP contribution in [0.3, 0.4) is 0 Å². The van der Waals surface area contributed by atoms with E-state index in [9.17, 15) is 13.2 Å². The third kappa shape index (κ3) is 5.26. The van der Waals surface area contributed by atoms with Crippen molar-refractivity contribution in [3.63, 3.8) is 0 Å². The summed E-state index contributed by atoms with van der Waals surface area (Å²) in [6.07, 6.45) is -0.857. The van der Waals surface area contributed by atoms with Gasteiger partial charge in [0.1, 0.15) is 0 Å². The third-order valence-electron chi connectivity index (χ3n) is 2.63. The molecule has 0 bridgehead atoms. The number of alkyl halides is 3. The van der Waals surface area contributed by atoms with Gasteiger partial charge in [0.05, 0.1) is 21.8 Å². The van der Waals surface area contributed by atoms with Gasteiger partial charge in [-0.1, -0.05) is 53.5 Å². The predicted molar refractivity (Wildman–Crippen MR) is 86.6 cm³/mol. The first-order chi connectivity index (χ1) is 10.9. The van der Waals surface area contributed by atoms with Crippen molar-refractivity contribution >= 4 is 41.3 Å². The Hall–Kier alpha value is -2.05. The molecule has 1 aromatic carbocycles. The van der Waals surface area contributed by atoms with Gasteiger partial charge in [-0.3, -0.25) is 5.43 Å². The van der Waals surface area contributed by atoms with Crippen LogP contribution in [0.5, 0.6) is 0 Å². The number of hydrogen-bond acceptors (Lipinski definition) is 3. The Kier molecular flexibility index (Phi) is 5.63. The molecule has 0 radical (unpaired) electrons. The molecule has 0 saturated heterocycles. The fourth-order valence-corrected chi connectivity index (χ4v) is 1.96. The van der Waals surface area contributed by atoms with Gasteiger partial charge < -0.3 is 0 Å². The zero-order valence-electron chi connectivity index (χ0n) is 11.5. The second-order valence-corrected chi connectivity index (χ2v) is 5.21. The van der Waals surface area contributed by atoms with E-state index >= 15 is 0 Å². The molecule has 2 rings (SSSR count). The summed E-state index contributed by atoms with van der Waals surface area (Å²) in [5.41, 5.74) is 2.39. The number of aromatic nitrogens is 1. The van der Waals surface area contributed by atoms with E-state index in [0.29, 0.717) is 11.2 Å². The number of rotatable bonds is 4. The van der Waals surface area contributed by atoms with Gasteiger partial charge in [-0.25, -0.2) is 4.98 Å². The summed E-state index contributed by atoms with van der Waals surface area (Å²) in [7, 11) is 0. The van der Waals surface area contributed by atoms with Crippen molar-refractivity contribution in [1.82, 2.24) is 4.98 Å². The van der Waals surface area contributed by atoms with Crippen LogP contribution in [0.15, 0.2) is 52.7 Å². The van der Waals surface area contributed by atoms with Crippen LogP contribution in [0.4, 0.5) is 19.0 Å². The monoisotopic (exact) mass is 359 g/mol. The molecule has 0 aliphatic carbocycles. The molecule has 0 fully saturated rings. The lowest BCUT2D eigenvalue weighted by atomic mass is 10.2. The van der Waals surface area contributed by atoms with Crippen LogP contribution in [0, 0.1) is 0 Å². The summed E-state index contributed by atoms with van der Waals surface area (Å²) in [6, 6.07) is 10.1. The standard InChI is InChI=1S/C15H10Cl2F3N3/c16-12(6-10-4-2-1-3-5-10)9-22-23-14-13(17)7-11(8-21-14)15(18,19)20/h1-9H,(H,21,23)/b12-6+,22-9?. The molecule has 23 heavy (non-hydrogen) atoms. The van der Waals surface area contributed by atoms with Gasteiger partial charge in [0.25, 0.3) is 0 Å². The molecule has 0 unspecified atom stereocenters. The minimum Gasteiger partial charge on any atom is -0.260 e. The molecule has 1 heterocycles. The maximum absolute atomic E-state index is 12.5. The van der Waals surface area contributed by atoms with Crippen LogP contribution in [-0.2, 0) is 6.18 Å². The number of allylic oxidation sites excluding steroid dienone is 1. The van der Waals surface area contributed by atoms with E-state index in [1.807, 2.05) is 30.3 Å². The van der Waals surface area contributed by atoms with Crippen molar-refractivity contribution in [2.24, 2.45) is 5.10 Å². The second kappa shape index (κ2) is 7.48. The average molecular weight is 360 g/mol. The van der Waals surface area contributed by atoms with Crippen molar-refractivity contribution in [2.75, 3.05) is 5.43 Å². The molecule has 2 aromatic rings. The van der Waals surface area contributed by atoms with Crippen molar-refractivity contribution in [1.29, 1.82) is 0 Å². The van der Waals surface area contributed by atoms with Gasteiger partial charge in [0.2, 0.25) is 0 Å². The van der Waals surface area contributed by atoms with E-state index in [4.69, 9.17) is 23.2 Å². The minimum atomic E-state index is -4.50. The highest BCUT2D eigenvalue weighted by Crippen LogP contribution is 2.32. The molecule has 3 nitrogen and oxygen atoms in total. The van der Waals surface area contributed by atoms with E-state index in [0.717, 1.165) is 11.6 Å². The Bertz CT molecular complexity index is 728. The van der Waals surface area contributed by atoms with E-state index in [2.05, 4.69) is 15.5 Å². The fraction of sp³-hybridized carbons (Fsp3) is 0.0667. The Morgan fingerprint density at radius 2 is 1.91 bits per heavy atom. The van der Waals surface area contributed by atoms with E-state index < -0.39 is 11.7 Å². The molecular formula is C15H10Cl2F3N3. The van der Waals surface area contributed by atoms with Crippen LogP contribution in [-0.4, -0.2) is 11.2 Å². The summed E-state index contributed by atoms with van der Waals surface area (Å²) in [5.74, 6) is 0.0000874. The molecule has 0 spiro atoms. The first-order valence-electron chi connectivity index (χ1n) is 6.30. The SMILES string of the molecule is FC(F)(F)c1cnc(NN=C/C(Cl)=C\c2ccccc2)c(Cl)c1. The Morgan fingerprint density at radius 3 is 2.52 bits per heavy atom. The zero-order valence-corrected chi connectivity index (χ0v) is 13.0. The number of hydrogen-bond donors (Lipinski definition) is 1. The number of nitrogens with zero attached hydrogens (tertiary/aromatic N) is 2. The Labute approximate surface area is 140 Å². The summed E-state index contributed by atoms with van der Waals surface area (Å²) >= 11 is 11.7. The number of pyridine rings is 1. The maximum Gasteiger partial charge on any atom is 0.417 e. The number of nitrogens with one attached hydrogen (secondary N) is 1. The molecule has 120 valence electrons. The van der Waals surface area contributed by atoms with E-state index in [1.165, 1.54) is 6.21 Å². The highest BCUT2D eigenvalue weighted by molar-refractivity contribution is 6.41. The lowest BCUT2D eigenvalue weighted by Crippen LogP contribution is -2.06. The first-order valence-corrected chi connectivity index (χ1v) is 7.06. The smallest absolute Gasteiger partial charge is 0.260 e.